The molecule has 1 N–H and O–H groups in total. The van der Waals surface area contributed by atoms with Crippen LogP contribution in [0.15, 0.2) is 45.9 Å². The number of aliphatic carboxylic acids is 1. The van der Waals surface area contributed by atoms with E-state index >= 15 is 0 Å². The van der Waals surface area contributed by atoms with Crippen LogP contribution in [0.1, 0.15) is 18.1 Å². The number of hydrogen-bond donors (Lipinski definition) is 1. The molecule has 24 heavy (non-hydrogen) atoms. The van der Waals surface area contributed by atoms with Crippen LogP contribution >= 0.6 is 15.9 Å². The lowest BCUT2D eigenvalue weighted by Gasteiger charge is -2.15. The van der Waals surface area contributed by atoms with Gasteiger partial charge in [0.2, 0.25) is 0 Å². The molecule has 0 heterocycles. The van der Waals surface area contributed by atoms with Crippen LogP contribution in [0.5, 0.6) is 11.5 Å². The second-order valence-electron chi connectivity index (χ2n) is 5.17. The fourth-order valence-corrected chi connectivity index (χ4v) is 2.53. The van der Waals surface area contributed by atoms with Gasteiger partial charge in [0.05, 0.1) is 12.8 Å². The number of methoxy groups -OCH3 is 1. The molecule has 0 fully saturated rings. The van der Waals surface area contributed by atoms with Crippen molar-refractivity contribution in [2.45, 2.75) is 20.0 Å². The molecule has 1 atom stereocenters. The lowest BCUT2D eigenvalue weighted by atomic mass is 10.2. The van der Waals surface area contributed by atoms with Gasteiger partial charge in [-0.05, 0) is 49.7 Å². The Morgan fingerprint density at radius 2 is 2.08 bits per heavy atom. The fraction of sp³-hybridized carbons (Fsp3) is 0.222. The van der Waals surface area contributed by atoms with E-state index in [2.05, 4.69) is 20.9 Å². The van der Waals surface area contributed by atoms with Crippen LogP contribution in [0.2, 0.25) is 0 Å². The lowest BCUT2D eigenvalue weighted by Crippen LogP contribution is -2.23. The molecule has 0 aliphatic carbocycles. The molecule has 0 saturated carbocycles. The summed E-state index contributed by atoms with van der Waals surface area (Å²) in [4.78, 5) is 15.5. The minimum Gasteiger partial charge on any atom is -0.493 e. The van der Waals surface area contributed by atoms with E-state index in [0.717, 1.165) is 15.7 Å². The highest BCUT2D eigenvalue weighted by Gasteiger charge is 2.17. The lowest BCUT2D eigenvalue weighted by molar-refractivity contribution is -0.144. The summed E-state index contributed by atoms with van der Waals surface area (Å²) < 4.78 is 11.8. The molecule has 0 amide bonds. The number of halogens is 1. The van der Waals surface area contributed by atoms with Crippen LogP contribution in [0.25, 0.3) is 0 Å². The second kappa shape index (κ2) is 7.97. The molecular formula is C18H18BrNO4. The molecule has 2 rings (SSSR count). The molecule has 2 aromatic rings. The number of carbonyl (C=O) groups is 1. The van der Waals surface area contributed by atoms with E-state index in [1.54, 1.807) is 24.4 Å². The van der Waals surface area contributed by atoms with Crippen molar-refractivity contribution < 1.29 is 19.4 Å². The first kappa shape index (κ1) is 18.0. The van der Waals surface area contributed by atoms with E-state index in [4.69, 9.17) is 14.6 Å². The van der Waals surface area contributed by atoms with Crippen molar-refractivity contribution in [3.05, 3.63) is 52.0 Å². The minimum absolute atomic E-state index is 0.355. The topological polar surface area (TPSA) is 68.1 Å². The number of aliphatic imine (C=N–C) groups is 1. The summed E-state index contributed by atoms with van der Waals surface area (Å²) >= 11 is 3.42. The second-order valence-corrected chi connectivity index (χ2v) is 6.08. The van der Waals surface area contributed by atoms with E-state index in [1.165, 1.54) is 14.0 Å². The number of carboxylic acid groups (broad SMARTS) is 1. The number of rotatable bonds is 6. The molecule has 5 nitrogen and oxygen atoms in total. The predicted octanol–water partition coefficient (Wildman–Crippen LogP) is 4.37. The number of para-hydroxylation sites is 1. The van der Waals surface area contributed by atoms with E-state index < -0.39 is 12.1 Å². The third-order valence-corrected chi connectivity index (χ3v) is 3.87. The molecule has 2 aromatic carbocycles. The average molecular weight is 392 g/mol. The predicted molar refractivity (Wildman–Crippen MR) is 96.9 cm³/mol. The SMILES string of the molecule is COc1cccc(C=Nc2ccc(Br)cc2C)c1O[C@@H](C)C(=O)O. The van der Waals surface area contributed by atoms with Crippen LogP contribution in [0.4, 0.5) is 5.69 Å². The number of benzene rings is 2. The van der Waals surface area contributed by atoms with Gasteiger partial charge in [-0.3, -0.25) is 4.99 Å². The highest BCUT2D eigenvalue weighted by molar-refractivity contribution is 9.10. The normalized spacial score (nSPS) is 12.2. The molecular weight excluding hydrogens is 374 g/mol. The molecule has 6 heteroatoms. The van der Waals surface area contributed by atoms with Gasteiger partial charge in [0.25, 0.3) is 0 Å². The summed E-state index contributed by atoms with van der Waals surface area (Å²) in [5.41, 5.74) is 2.48. The number of ether oxygens (including phenoxy) is 2. The van der Waals surface area contributed by atoms with Crippen LogP contribution in [0, 0.1) is 6.92 Å². The Labute approximate surface area is 149 Å². The van der Waals surface area contributed by atoms with Crippen LogP contribution < -0.4 is 9.47 Å². The molecule has 0 saturated heterocycles. The third kappa shape index (κ3) is 4.35. The van der Waals surface area contributed by atoms with Crippen molar-refractivity contribution in [3.63, 3.8) is 0 Å². The summed E-state index contributed by atoms with van der Waals surface area (Å²) in [5, 5.41) is 9.06. The Morgan fingerprint density at radius 3 is 2.71 bits per heavy atom. The smallest absolute Gasteiger partial charge is 0.344 e. The first-order valence-corrected chi connectivity index (χ1v) is 8.08. The van der Waals surface area contributed by atoms with Gasteiger partial charge in [0.15, 0.2) is 17.6 Å². The number of nitrogens with zero attached hydrogens (tertiary/aromatic N) is 1. The third-order valence-electron chi connectivity index (χ3n) is 3.37. The first-order valence-electron chi connectivity index (χ1n) is 7.29. The quantitative estimate of drug-likeness (QED) is 0.742. The van der Waals surface area contributed by atoms with Gasteiger partial charge in [-0.15, -0.1) is 0 Å². The van der Waals surface area contributed by atoms with E-state index in [1.807, 2.05) is 25.1 Å². The van der Waals surface area contributed by atoms with Crippen molar-refractivity contribution in [2.24, 2.45) is 4.99 Å². The average Bonchev–Trinajstić information content (AvgIpc) is 2.54. The van der Waals surface area contributed by atoms with Gasteiger partial charge >= 0.3 is 5.97 Å². The Hall–Kier alpha value is -2.34. The number of hydrogen-bond acceptors (Lipinski definition) is 4. The monoisotopic (exact) mass is 391 g/mol. The Kier molecular flexibility index (Phi) is 5.98. The zero-order chi connectivity index (χ0) is 17.7. The minimum atomic E-state index is -1.05. The summed E-state index contributed by atoms with van der Waals surface area (Å²) in [6, 6.07) is 11.1. The van der Waals surface area contributed by atoms with Gasteiger partial charge in [-0.25, -0.2) is 4.79 Å². The highest BCUT2D eigenvalue weighted by Crippen LogP contribution is 2.32. The van der Waals surface area contributed by atoms with Gasteiger partial charge < -0.3 is 14.6 Å². The molecule has 0 aliphatic heterocycles. The van der Waals surface area contributed by atoms with Gasteiger partial charge in [0, 0.05) is 16.3 Å². The molecule has 126 valence electrons. The molecule has 0 aromatic heterocycles. The summed E-state index contributed by atoms with van der Waals surface area (Å²) in [7, 11) is 1.51. The Morgan fingerprint density at radius 1 is 1.33 bits per heavy atom. The van der Waals surface area contributed by atoms with Gasteiger partial charge in [0.1, 0.15) is 0 Å². The maximum atomic E-state index is 11.1. The standard InChI is InChI=1S/C18H18BrNO4/c1-11-9-14(19)7-8-15(11)20-10-13-5-4-6-16(23-3)17(13)24-12(2)18(21)22/h4-10,12H,1-3H3,(H,21,22)/t12-/m0/s1. The van der Waals surface area contributed by atoms with Crippen molar-refractivity contribution >= 4 is 33.8 Å². The van der Waals surface area contributed by atoms with Crippen molar-refractivity contribution in [1.82, 2.24) is 0 Å². The Bertz CT molecular complexity index is 774. The van der Waals surface area contributed by atoms with E-state index in [-0.39, 0.29) is 0 Å². The van der Waals surface area contributed by atoms with Crippen molar-refractivity contribution in [3.8, 4) is 11.5 Å². The number of aryl methyl sites for hydroxylation is 1. The largest absolute Gasteiger partial charge is 0.493 e. The van der Waals surface area contributed by atoms with E-state index in [9.17, 15) is 4.79 Å². The number of carboxylic acids is 1. The maximum Gasteiger partial charge on any atom is 0.344 e. The summed E-state index contributed by atoms with van der Waals surface area (Å²) in [5.74, 6) is -0.236. The molecule has 0 spiro atoms. The van der Waals surface area contributed by atoms with Gasteiger partial charge in [-0.2, -0.15) is 0 Å². The van der Waals surface area contributed by atoms with Crippen LogP contribution in [0.3, 0.4) is 0 Å². The van der Waals surface area contributed by atoms with Crippen molar-refractivity contribution in [1.29, 1.82) is 0 Å². The molecule has 0 unspecified atom stereocenters. The zero-order valence-corrected chi connectivity index (χ0v) is 15.2. The molecule has 0 bridgehead atoms. The van der Waals surface area contributed by atoms with E-state index in [0.29, 0.717) is 17.1 Å². The zero-order valence-electron chi connectivity index (χ0n) is 13.6. The van der Waals surface area contributed by atoms with Crippen LogP contribution in [-0.4, -0.2) is 30.5 Å². The van der Waals surface area contributed by atoms with Gasteiger partial charge in [-0.1, -0.05) is 22.0 Å². The molecule has 0 aliphatic rings. The summed E-state index contributed by atoms with van der Waals surface area (Å²) in [6.45, 7) is 3.43. The van der Waals surface area contributed by atoms with Crippen LogP contribution in [-0.2, 0) is 4.79 Å². The fourth-order valence-electron chi connectivity index (χ4n) is 2.05. The highest BCUT2D eigenvalue weighted by atomic mass is 79.9. The Balaban J connectivity index is 2.38. The first-order chi connectivity index (χ1) is 11.4. The maximum absolute atomic E-state index is 11.1. The summed E-state index contributed by atoms with van der Waals surface area (Å²) in [6.07, 6.45) is 0.644. The van der Waals surface area contributed by atoms with Crippen molar-refractivity contribution in [2.75, 3.05) is 7.11 Å². The molecule has 0 radical (unpaired) electrons.